The molecule has 0 radical (unpaired) electrons. The summed E-state index contributed by atoms with van der Waals surface area (Å²) in [5.41, 5.74) is 5.83. The van der Waals surface area contributed by atoms with E-state index in [4.69, 9.17) is 31.9 Å². The van der Waals surface area contributed by atoms with Gasteiger partial charge in [0.2, 0.25) is 5.88 Å². The molecule has 8 rings (SSSR count). The van der Waals surface area contributed by atoms with Crippen molar-refractivity contribution in [2.75, 3.05) is 65.7 Å². The first kappa shape index (κ1) is 48.7. The summed E-state index contributed by atoms with van der Waals surface area (Å²) in [6.07, 6.45) is 16.4. The molecule has 8 N–H and O–H groups in total. The lowest BCUT2D eigenvalue weighted by Gasteiger charge is -2.28. The fourth-order valence-corrected chi connectivity index (χ4v) is 6.94. The van der Waals surface area contributed by atoms with Crippen LogP contribution in [0.3, 0.4) is 0 Å². The Morgan fingerprint density at radius 3 is 1.53 bits per heavy atom. The normalized spacial score (nSPS) is 13.4. The first-order valence-electron chi connectivity index (χ1n) is 22.0. The van der Waals surface area contributed by atoms with Crippen molar-refractivity contribution in [3.8, 4) is 5.88 Å². The lowest BCUT2D eigenvalue weighted by molar-refractivity contribution is 0.318. The average Bonchev–Trinajstić information content (AvgIpc) is 3.95. The zero-order chi connectivity index (χ0) is 44.9. The molecule has 0 aliphatic carbocycles. The smallest absolute Gasteiger partial charge is 0.268 e. The highest BCUT2D eigenvalue weighted by atomic mass is 16.6. The zero-order valence-corrected chi connectivity index (χ0v) is 37.4. The molecule has 0 unspecified atom stereocenters. The van der Waals surface area contributed by atoms with E-state index in [0.29, 0.717) is 19.0 Å². The first-order chi connectivity index (χ1) is 30.3. The Kier molecular flexibility index (Phi) is 20.2. The van der Waals surface area contributed by atoms with Crippen molar-refractivity contribution in [1.82, 2.24) is 38.9 Å². The summed E-state index contributed by atoms with van der Waals surface area (Å²) in [4.78, 5) is 34.8. The molecule has 2 aliphatic heterocycles. The Hall–Kier alpha value is -5.98. The van der Waals surface area contributed by atoms with Gasteiger partial charge in [0, 0.05) is 100 Å². The van der Waals surface area contributed by atoms with Crippen LogP contribution in [-0.2, 0) is 25.9 Å². The number of nitrogens with zero attached hydrogens (tertiary/aromatic N) is 10. The van der Waals surface area contributed by atoms with Crippen molar-refractivity contribution < 1.29 is 15.1 Å². The van der Waals surface area contributed by atoms with Crippen molar-refractivity contribution in [3.05, 3.63) is 93.8 Å². The van der Waals surface area contributed by atoms with Crippen molar-refractivity contribution in [3.63, 3.8) is 0 Å². The van der Waals surface area contributed by atoms with Crippen LogP contribution in [0.2, 0.25) is 0 Å². The standard InChI is InChI=1S/2C19H25N7O.2C2H6O.C2H6/c1-2-15-12-22-26-16(21-11-14-6-7-18(27)25(20)13-14)10-17(23-19(15)26)24-8-4-3-5-9-24;1-2-15-13-23-26-16(21-11-14-6-7-18(27-20)22-12-14)10-17(24-19(15)26)25-8-4-3-5-9-25;2*1-2-3;1-2/h2*6-7,10,12-13,21H,2-5,8-9,11,20H2,1H3;2*3H,2H2,1H3;1-2H3. The largest absolute Gasteiger partial charge is 0.397 e. The quantitative estimate of drug-likeness (QED) is 0.0715. The Bertz CT molecular complexity index is 2260. The van der Waals surface area contributed by atoms with E-state index in [1.54, 1.807) is 38.4 Å². The van der Waals surface area contributed by atoms with Crippen LogP contribution in [0.4, 0.5) is 23.3 Å². The van der Waals surface area contributed by atoms with E-state index < -0.39 is 0 Å². The van der Waals surface area contributed by atoms with Gasteiger partial charge in [0.25, 0.3) is 5.56 Å². The predicted molar refractivity (Wildman–Crippen MR) is 248 cm³/mol. The van der Waals surface area contributed by atoms with E-state index in [0.717, 1.165) is 101 Å². The molecule has 18 nitrogen and oxygen atoms in total. The number of nitrogen functional groups attached to an aromatic ring is 1. The topological polar surface area (TPSA) is 228 Å². The number of anilines is 4. The third kappa shape index (κ3) is 13.3. The van der Waals surface area contributed by atoms with Gasteiger partial charge in [0.15, 0.2) is 11.3 Å². The van der Waals surface area contributed by atoms with Crippen LogP contribution in [0.1, 0.15) is 102 Å². The number of hydrogen-bond acceptors (Lipinski definition) is 15. The Labute approximate surface area is 364 Å². The summed E-state index contributed by atoms with van der Waals surface area (Å²) in [6, 6.07) is 11.1. The second-order valence-corrected chi connectivity index (χ2v) is 14.4. The molecule has 0 saturated carbocycles. The monoisotopic (exact) mass is 857 g/mol. The summed E-state index contributed by atoms with van der Waals surface area (Å²) in [7, 11) is 0. The molecule has 0 amide bonds. The van der Waals surface area contributed by atoms with Crippen molar-refractivity contribution >= 4 is 34.6 Å². The van der Waals surface area contributed by atoms with Crippen LogP contribution < -0.4 is 42.6 Å². The van der Waals surface area contributed by atoms with Gasteiger partial charge in [-0.3, -0.25) is 4.79 Å². The second kappa shape index (κ2) is 25.7. The Morgan fingerprint density at radius 1 is 0.677 bits per heavy atom. The highest BCUT2D eigenvalue weighted by Crippen LogP contribution is 2.26. The maximum absolute atomic E-state index is 11.5. The number of nitrogens with one attached hydrogen (secondary N) is 2. The summed E-state index contributed by atoms with van der Waals surface area (Å²) >= 11 is 0. The molecule has 8 heterocycles. The summed E-state index contributed by atoms with van der Waals surface area (Å²) in [6.45, 7) is 17.5. The second-order valence-electron chi connectivity index (χ2n) is 14.4. The third-order valence-electron chi connectivity index (χ3n) is 10.0. The van der Waals surface area contributed by atoms with Gasteiger partial charge in [-0.25, -0.2) is 19.6 Å². The van der Waals surface area contributed by atoms with Crippen LogP contribution in [0.5, 0.6) is 5.88 Å². The van der Waals surface area contributed by atoms with Gasteiger partial charge < -0.3 is 41.3 Å². The number of fused-ring (bicyclic) bond motifs is 2. The fourth-order valence-electron chi connectivity index (χ4n) is 6.94. The maximum Gasteiger partial charge on any atom is 0.268 e. The molecule has 2 aliphatic rings. The third-order valence-corrected chi connectivity index (χ3v) is 10.0. The molecular formula is C44H68N14O4. The number of nitrogens with two attached hydrogens (primary N) is 2. The van der Waals surface area contributed by atoms with E-state index in [-0.39, 0.29) is 18.8 Å². The molecule has 338 valence electrons. The Morgan fingerprint density at radius 2 is 1.13 bits per heavy atom. The van der Waals surface area contributed by atoms with Crippen LogP contribution in [0.15, 0.2) is 66.0 Å². The number of aryl methyl sites for hydroxylation is 2. The predicted octanol–water partition coefficient (Wildman–Crippen LogP) is 5.33. The van der Waals surface area contributed by atoms with Crippen molar-refractivity contribution in [2.45, 2.75) is 106 Å². The van der Waals surface area contributed by atoms with Gasteiger partial charge in [-0.05, 0) is 76.3 Å². The highest BCUT2D eigenvalue weighted by molar-refractivity contribution is 5.62. The highest BCUT2D eigenvalue weighted by Gasteiger charge is 2.19. The van der Waals surface area contributed by atoms with E-state index in [1.807, 2.05) is 41.3 Å². The van der Waals surface area contributed by atoms with Gasteiger partial charge >= 0.3 is 0 Å². The number of pyridine rings is 2. The maximum atomic E-state index is 11.5. The minimum Gasteiger partial charge on any atom is -0.397 e. The van der Waals surface area contributed by atoms with Gasteiger partial charge in [-0.2, -0.15) is 25.1 Å². The van der Waals surface area contributed by atoms with Gasteiger partial charge in [-0.15, -0.1) is 0 Å². The van der Waals surface area contributed by atoms with Crippen molar-refractivity contribution in [2.24, 2.45) is 5.90 Å². The van der Waals surface area contributed by atoms with E-state index >= 15 is 0 Å². The molecule has 18 heteroatoms. The van der Waals surface area contributed by atoms with E-state index in [2.05, 4.69) is 66.4 Å². The molecule has 0 atom stereocenters. The SMILES string of the molecule is CC.CCO.CCO.CCc1cnn2c(NCc3ccc(=O)n(N)c3)cc(N3CCCCC3)nc12.CCc1cnn2c(NCc3ccc(ON)nc3)cc(N3CCCCC3)nc12. The molecule has 2 saturated heterocycles. The van der Waals surface area contributed by atoms with Gasteiger partial charge in [0.05, 0.1) is 12.4 Å². The molecule has 6 aromatic rings. The molecule has 62 heavy (non-hydrogen) atoms. The molecule has 2 fully saturated rings. The number of aliphatic hydroxyl groups is 2. The van der Waals surface area contributed by atoms with Crippen molar-refractivity contribution in [1.29, 1.82) is 0 Å². The minimum atomic E-state index is -0.225. The lowest BCUT2D eigenvalue weighted by Crippen LogP contribution is -2.30. The van der Waals surface area contributed by atoms with E-state index in [1.165, 1.54) is 44.6 Å². The minimum absolute atomic E-state index is 0.225. The van der Waals surface area contributed by atoms with Crippen LogP contribution in [-0.4, -0.2) is 88.5 Å². The van der Waals surface area contributed by atoms with Crippen LogP contribution in [0, 0.1) is 0 Å². The lowest BCUT2D eigenvalue weighted by atomic mass is 10.1. The Balaban J connectivity index is 0.000000234. The van der Waals surface area contributed by atoms with Gasteiger partial charge in [0.1, 0.15) is 23.3 Å². The number of piperidine rings is 2. The number of aliphatic hydroxyl groups excluding tert-OH is 2. The van der Waals surface area contributed by atoms with Crippen LogP contribution in [0.25, 0.3) is 11.3 Å². The number of hydrogen-bond donors (Lipinski definition) is 6. The summed E-state index contributed by atoms with van der Waals surface area (Å²) in [5.74, 6) is 15.0. The van der Waals surface area contributed by atoms with E-state index in [9.17, 15) is 4.79 Å². The zero-order valence-electron chi connectivity index (χ0n) is 37.4. The molecular weight excluding hydrogens is 789 g/mol. The molecule has 6 aromatic heterocycles. The molecule has 0 spiro atoms. The number of aromatic nitrogens is 8. The van der Waals surface area contributed by atoms with Crippen LogP contribution >= 0.6 is 0 Å². The first-order valence-corrected chi connectivity index (χ1v) is 22.0. The summed E-state index contributed by atoms with van der Waals surface area (Å²) < 4.78 is 4.84. The molecule has 0 bridgehead atoms. The molecule has 0 aromatic carbocycles. The van der Waals surface area contributed by atoms with Gasteiger partial charge in [-0.1, -0.05) is 39.8 Å². The number of rotatable bonds is 11. The fraction of sp³-hybridized carbons (Fsp3) is 0.500. The summed E-state index contributed by atoms with van der Waals surface area (Å²) in [5, 5.41) is 31.1. The average molecular weight is 857 g/mol.